The van der Waals surface area contributed by atoms with Crippen LogP contribution in [0.25, 0.3) is 0 Å². The summed E-state index contributed by atoms with van der Waals surface area (Å²) in [6.45, 7) is -1.31. The fourth-order valence-corrected chi connectivity index (χ4v) is 2.97. The van der Waals surface area contributed by atoms with Crippen LogP contribution in [-0.2, 0) is 18.9 Å². The Labute approximate surface area is 179 Å². The lowest BCUT2D eigenvalue weighted by molar-refractivity contribution is -0.355. The predicted octanol–water partition coefficient (Wildman–Crippen LogP) is -3.03. The lowest BCUT2D eigenvalue weighted by Gasteiger charge is -2.45. The second-order valence-electron chi connectivity index (χ2n) is 6.48. The molecule has 0 unspecified atom stereocenters. The lowest BCUT2D eigenvalue weighted by Crippen LogP contribution is -2.64. The quantitative estimate of drug-likeness (QED) is 0.112. The van der Waals surface area contributed by atoms with E-state index in [0.29, 0.717) is 0 Å². The number of halogens is 3. The number of alkyl halides is 3. The zero-order valence-electron chi connectivity index (χ0n) is 14.6. The summed E-state index contributed by atoms with van der Waals surface area (Å²) in [7, 11) is 0. The van der Waals surface area contributed by atoms with Crippen LogP contribution in [0.1, 0.15) is 0 Å². The Bertz CT molecular complexity index is 565. The second kappa shape index (κ2) is 10.0. The molecule has 2 rings (SSSR count). The summed E-state index contributed by atoms with van der Waals surface area (Å²) in [5, 5.41) is 76.4. The first-order chi connectivity index (χ1) is 13.4. The van der Waals surface area contributed by atoms with Crippen LogP contribution >= 0.6 is 34.8 Å². The molecule has 2 aliphatic rings. The van der Waals surface area contributed by atoms with Crippen LogP contribution in [0.15, 0.2) is 0 Å². The maximum atomic E-state index is 10.1. The Morgan fingerprint density at radius 3 is 2.03 bits per heavy atom. The SMILES string of the molecule is N=C(OC[C@H]1O[C@@H](O[C@H]2[C@H](O)[C@@H](O)[C@@H](O)O[C@@H]2CO)[C@H](O)[C@@H](O)[C@H]1O)C(Cl)(Cl)Cl. The molecule has 2 fully saturated rings. The third-order valence-corrected chi connectivity index (χ3v) is 4.96. The molecule has 12 nitrogen and oxygen atoms in total. The summed E-state index contributed by atoms with van der Waals surface area (Å²) in [5.41, 5.74) is 0. The molecule has 10 atom stereocenters. The van der Waals surface area contributed by atoms with Gasteiger partial charge in [0, 0.05) is 0 Å². The minimum Gasteiger partial charge on any atom is -0.475 e. The summed E-state index contributed by atoms with van der Waals surface area (Å²) in [4.78, 5) is 0. The second-order valence-corrected chi connectivity index (χ2v) is 8.76. The molecule has 2 heterocycles. The molecule has 29 heavy (non-hydrogen) atoms. The Hall–Kier alpha value is -0.0600. The molecule has 0 bridgehead atoms. The lowest BCUT2D eigenvalue weighted by atomic mass is 9.97. The molecule has 2 saturated heterocycles. The van der Waals surface area contributed by atoms with Crippen LogP contribution in [-0.4, -0.2) is 120 Å². The zero-order chi connectivity index (χ0) is 22.1. The third kappa shape index (κ3) is 5.80. The highest BCUT2D eigenvalue weighted by molar-refractivity contribution is 6.76. The highest BCUT2D eigenvalue weighted by atomic mass is 35.6. The van der Waals surface area contributed by atoms with Crippen molar-refractivity contribution in [2.75, 3.05) is 13.2 Å². The van der Waals surface area contributed by atoms with Gasteiger partial charge in [0.25, 0.3) is 3.79 Å². The first-order valence-electron chi connectivity index (χ1n) is 8.32. The van der Waals surface area contributed by atoms with Crippen LogP contribution in [0.5, 0.6) is 0 Å². The van der Waals surface area contributed by atoms with Gasteiger partial charge in [0.15, 0.2) is 12.6 Å². The van der Waals surface area contributed by atoms with Gasteiger partial charge >= 0.3 is 0 Å². The third-order valence-electron chi connectivity index (χ3n) is 4.45. The van der Waals surface area contributed by atoms with Crippen molar-refractivity contribution in [3.05, 3.63) is 0 Å². The molecule has 0 saturated carbocycles. The average molecular weight is 487 g/mol. The van der Waals surface area contributed by atoms with Gasteiger partial charge in [-0.05, 0) is 0 Å². The molecule has 0 aromatic heterocycles. The minimum absolute atomic E-state index is 0.577. The van der Waals surface area contributed by atoms with Crippen molar-refractivity contribution in [2.45, 2.75) is 65.2 Å². The van der Waals surface area contributed by atoms with Crippen molar-refractivity contribution in [3.63, 3.8) is 0 Å². The first-order valence-corrected chi connectivity index (χ1v) is 9.46. The van der Waals surface area contributed by atoms with Gasteiger partial charge in [0.05, 0.1) is 6.61 Å². The Morgan fingerprint density at radius 2 is 1.48 bits per heavy atom. The molecule has 8 N–H and O–H groups in total. The van der Waals surface area contributed by atoms with Crippen LogP contribution in [0.3, 0.4) is 0 Å². The van der Waals surface area contributed by atoms with Crippen LogP contribution in [0.2, 0.25) is 0 Å². The van der Waals surface area contributed by atoms with E-state index in [0.717, 1.165) is 0 Å². The largest absolute Gasteiger partial charge is 0.475 e. The molecule has 0 aromatic carbocycles. The van der Waals surface area contributed by atoms with Crippen molar-refractivity contribution in [1.82, 2.24) is 0 Å². The summed E-state index contributed by atoms with van der Waals surface area (Å²) in [5.74, 6) is -0.787. The first kappa shape index (κ1) is 25.2. The van der Waals surface area contributed by atoms with Crippen molar-refractivity contribution in [1.29, 1.82) is 5.41 Å². The number of hydrogen-bond acceptors (Lipinski definition) is 12. The van der Waals surface area contributed by atoms with Gasteiger partial charge in [-0.2, -0.15) is 0 Å². The van der Waals surface area contributed by atoms with Gasteiger partial charge in [0.2, 0.25) is 5.90 Å². The summed E-state index contributed by atoms with van der Waals surface area (Å²) >= 11 is 16.4. The monoisotopic (exact) mass is 485 g/mol. The predicted molar refractivity (Wildman–Crippen MR) is 95.5 cm³/mol. The van der Waals surface area contributed by atoms with E-state index < -0.39 is 84.3 Å². The summed E-state index contributed by atoms with van der Waals surface area (Å²) in [6.07, 6.45) is -16.5. The molecular formula is C14H22Cl3NO11. The highest BCUT2D eigenvalue weighted by Gasteiger charge is 2.50. The maximum Gasteiger partial charge on any atom is 0.265 e. The molecule has 2 aliphatic heterocycles. The standard InChI is InChI=1S/C14H22Cl3NO11/c15-14(16,17)13(18)26-2-4-5(20)6(21)9(24)12(28-4)29-10-3(1-19)27-11(25)8(23)7(10)22/h3-12,18-25H,1-2H2/t3-,4-,5+,6+,7-,8-,9-,10-,11+,12+/m1/s1. The fraction of sp³-hybridized carbons (Fsp3) is 0.929. The van der Waals surface area contributed by atoms with Gasteiger partial charge < -0.3 is 54.7 Å². The molecule has 0 aromatic rings. The number of rotatable bonds is 5. The van der Waals surface area contributed by atoms with E-state index in [-0.39, 0.29) is 0 Å². The van der Waals surface area contributed by atoms with E-state index in [1.165, 1.54) is 0 Å². The highest BCUT2D eigenvalue weighted by Crippen LogP contribution is 2.30. The molecular weight excluding hydrogens is 465 g/mol. The zero-order valence-corrected chi connectivity index (χ0v) is 16.9. The van der Waals surface area contributed by atoms with E-state index in [4.69, 9.17) is 59.2 Å². The van der Waals surface area contributed by atoms with E-state index >= 15 is 0 Å². The number of aliphatic hydroxyl groups excluding tert-OH is 7. The Balaban J connectivity index is 2.09. The van der Waals surface area contributed by atoms with Crippen molar-refractivity contribution in [2.24, 2.45) is 0 Å². The molecule has 0 spiro atoms. The molecule has 0 aliphatic carbocycles. The van der Waals surface area contributed by atoms with Crippen LogP contribution < -0.4 is 0 Å². The summed E-state index contributed by atoms with van der Waals surface area (Å²) < 4.78 is 18.3. The van der Waals surface area contributed by atoms with E-state index in [1.54, 1.807) is 0 Å². The van der Waals surface area contributed by atoms with E-state index in [9.17, 15) is 35.7 Å². The Kier molecular flexibility index (Phi) is 8.73. The smallest absolute Gasteiger partial charge is 0.265 e. The van der Waals surface area contributed by atoms with Gasteiger partial charge in [-0.3, -0.25) is 5.41 Å². The minimum atomic E-state index is -2.18. The van der Waals surface area contributed by atoms with Gasteiger partial charge in [0.1, 0.15) is 55.4 Å². The normalized spacial score (nSPS) is 43.8. The average Bonchev–Trinajstić information content (AvgIpc) is 2.66. The molecule has 0 radical (unpaired) electrons. The van der Waals surface area contributed by atoms with Crippen LogP contribution in [0.4, 0.5) is 0 Å². The number of aliphatic hydroxyl groups is 7. The van der Waals surface area contributed by atoms with E-state index in [2.05, 4.69) is 0 Å². The molecule has 0 amide bonds. The summed E-state index contributed by atoms with van der Waals surface area (Å²) in [6, 6.07) is 0. The van der Waals surface area contributed by atoms with Crippen molar-refractivity contribution in [3.8, 4) is 0 Å². The van der Waals surface area contributed by atoms with Crippen molar-refractivity contribution < 1.29 is 54.7 Å². The topological polar surface area (TPSA) is 202 Å². The van der Waals surface area contributed by atoms with Gasteiger partial charge in [-0.1, -0.05) is 34.8 Å². The molecule has 170 valence electrons. The van der Waals surface area contributed by atoms with E-state index in [1.807, 2.05) is 0 Å². The number of hydrogen-bond donors (Lipinski definition) is 8. The van der Waals surface area contributed by atoms with Gasteiger partial charge in [-0.15, -0.1) is 0 Å². The Morgan fingerprint density at radius 1 is 0.862 bits per heavy atom. The van der Waals surface area contributed by atoms with Crippen molar-refractivity contribution >= 4 is 40.7 Å². The van der Waals surface area contributed by atoms with Gasteiger partial charge in [-0.25, -0.2) is 0 Å². The fourth-order valence-electron chi connectivity index (χ4n) is 2.80. The van der Waals surface area contributed by atoms with Crippen LogP contribution in [0, 0.1) is 5.41 Å². The number of nitrogens with one attached hydrogen (secondary N) is 1. The molecule has 15 heteroatoms. The number of ether oxygens (including phenoxy) is 4. The maximum absolute atomic E-state index is 10.1.